The Morgan fingerprint density at radius 2 is 1.49 bits per heavy atom. The van der Waals surface area contributed by atoms with E-state index in [4.69, 9.17) is 9.47 Å². The molecule has 262 valence electrons. The number of esters is 2. The Kier molecular flexibility index (Phi) is 14.9. The van der Waals surface area contributed by atoms with Crippen molar-refractivity contribution >= 4 is 29.9 Å². The van der Waals surface area contributed by atoms with Crippen LogP contribution >= 0.6 is 0 Å². The van der Waals surface area contributed by atoms with E-state index >= 15 is 0 Å². The molecule has 11 nitrogen and oxygen atoms in total. The normalized spacial score (nSPS) is 12.2. The molecule has 0 unspecified atom stereocenters. The minimum Gasteiger partial charge on any atom is -0.550 e. The van der Waals surface area contributed by atoms with Crippen molar-refractivity contribution in [2.24, 2.45) is 0 Å². The number of nitrogens with zero attached hydrogens (tertiary/aromatic N) is 1. The molecule has 0 saturated carbocycles. The zero-order valence-electron chi connectivity index (χ0n) is 29.0. The zero-order chi connectivity index (χ0) is 36.5. The average molecular weight is 709 g/mol. The second-order valence-corrected chi connectivity index (χ2v) is 11.8. The Hall–Kier alpha value is -4.59. The van der Waals surface area contributed by atoms with Crippen LogP contribution in [0.4, 0.5) is 4.39 Å². The van der Waals surface area contributed by atoms with Crippen molar-refractivity contribution in [3.63, 3.8) is 0 Å². The van der Waals surface area contributed by atoms with E-state index in [9.17, 15) is 38.9 Å². The number of aliphatic carboxylic acids is 1. The number of hydrogen-bond donors (Lipinski definition) is 3. The summed E-state index contributed by atoms with van der Waals surface area (Å²) in [6, 6.07) is 19.0. The number of ether oxygens (including phenoxy) is 2. The van der Waals surface area contributed by atoms with Gasteiger partial charge in [-0.15, -0.1) is 0 Å². The standard InChI is InChI=1S/C38H39FN2O9.Na/c1-22(2)41-31(17-15-27(42)19-28(43)20-32(44)45)33(25-11-13-26(39)14-12-25)34(24-8-6-5-7-9-24)35(41)36(46)40-21-23-10-16-29(37(47)49-3)30(18-23)38(48)50-4;/h5-18,22,27-28,42-43H,19-21H2,1-4H3,(H,40,46)(H,44,45);/q;+1/p-1/b17-15+;/t27-,28-;/m1./s1. The fourth-order valence-corrected chi connectivity index (χ4v) is 5.69. The van der Waals surface area contributed by atoms with E-state index in [-0.39, 0.29) is 65.4 Å². The number of benzene rings is 3. The Balaban J connectivity index is 0.00000702. The van der Waals surface area contributed by atoms with Gasteiger partial charge in [-0.05, 0) is 60.9 Å². The molecule has 0 fully saturated rings. The van der Waals surface area contributed by atoms with Gasteiger partial charge in [-0.3, -0.25) is 4.79 Å². The summed E-state index contributed by atoms with van der Waals surface area (Å²) in [5.41, 5.74) is 3.52. The van der Waals surface area contributed by atoms with E-state index in [0.29, 0.717) is 33.5 Å². The van der Waals surface area contributed by atoms with E-state index in [2.05, 4.69) is 5.32 Å². The van der Waals surface area contributed by atoms with E-state index in [1.165, 1.54) is 44.6 Å². The van der Waals surface area contributed by atoms with E-state index in [1.54, 1.807) is 28.8 Å². The van der Waals surface area contributed by atoms with Crippen LogP contribution in [0.5, 0.6) is 0 Å². The first-order chi connectivity index (χ1) is 23.9. The molecule has 51 heavy (non-hydrogen) atoms. The molecule has 0 bridgehead atoms. The van der Waals surface area contributed by atoms with Gasteiger partial charge in [-0.2, -0.15) is 0 Å². The number of carboxylic acid groups (broad SMARTS) is 1. The number of rotatable bonds is 14. The molecule has 0 saturated heterocycles. The SMILES string of the molecule is COC(=O)c1ccc(CNC(=O)c2c(-c3ccccc3)c(-c3ccc(F)cc3)c(/C=C/[C@@H](O)C[C@@H](O)CC(=O)[O-])n2C(C)C)cc1C(=O)OC.[Na+]. The second kappa shape index (κ2) is 18.6. The average Bonchev–Trinajstić information content (AvgIpc) is 3.44. The molecule has 2 atom stereocenters. The largest absolute Gasteiger partial charge is 1.00 e. The molecular formula is C38H38FN2NaO9. The van der Waals surface area contributed by atoms with Gasteiger partial charge in [0.05, 0.1) is 37.6 Å². The first-order valence-electron chi connectivity index (χ1n) is 15.8. The quantitative estimate of drug-likeness (QED) is 0.129. The Bertz CT molecular complexity index is 1890. The summed E-state index contributed by atoms with van der Waals surface area (Å²) in [6.07, 6.45) is -0.547. The number of carbonyl (C=O) groups is 4. The van der Waals surface area contributed by atoms with Gasteiger partial charge in [-0.1, -0.05) is 54.6 Å². The van der Waals surface area contributed by atoms with Crippen LogP contribution in [0.1, 0.15) is 75.2 Å². The minimum absolute atomic E-state index is 0. The van der Waals surface area contributed by atoms with Crippen LogP contribution in [0.15, 0.2) is 78.9 Å². The van der Waals surface area contributed by atoms with Gasteiger partial charge < -0.3 is 39.5 Å². The molecule has 0 spiro atoms. The third-order valence-corrected chi connectivity index (χ3v) is 7.91. The van der Waals surface area contributed by atoms with Crippen LogP contribution < -0.4 is 40.0 Å². The number of hydrogen-bond acceptors (Lipinski definition) is 9. The van der Waals surface area contributed by atoms with Gasteiger partial charge in [0.1, 0.15) is 11.5 Å². The summed E-state index contributed by atoms with van der Waals surface area (Å²) in [5.74, 6) is -3.90. The van der Waals surface area contributed by atoms with Crippen LogP contribution in [0.25, 0.3) is 28.3 Å². The van der Waals surface area contributed by atoms with Gasteiger partial charge in [0.2, 0.25) is 0 Å². The fraction of sp³-hybridized carbons (Fsp3) is 0.263. The maximum Gasteiger partial charge on any atom is 1.00 e. The molecule has 13 heteroatoms. The molecule has 1 heterocycles. The van der Waals surface area contributed by atoms with Gasteiger partial charge in [0, 0.05) is 48.2 Å². The summed E-state index contributed by atoms with van der Waals surface area (Å²) in [6.45, 7) is 3.69. The second-order valence-electron chi connectivity index (χ2n) is 11.8. The molecule has 0 radical (unpaired) electrons. The molecule has 4 aromatic rings. The number of methoxy groups -OCH3 is 2. The maximum absolute atomic E-state index is 14.3. The summed E-state index contributed by atoms with van der Waals surface area (Å²) in [7, 11) is 2.37. The summed E-state index contributed by atoms with van der Waals surface area (Å²) in [4.78, 5) is 50.0. The van der Waals surface area contributed by atoms with Gasteiger partial charge in [0.25, 0.3) is 5.91 Å². The van der Waals surface area contributed by atoms with Crippen molar-refractivity contribution in [2.75, 3.05) is 14.2 Å². The van der Waals surface area contributed by atoms with Crippen LogP contribution in [0.2, 0.25) is 0 Å². The number of halogens is 1. The topological polar surface area (TPSA) is 167 Å². The Labute approximate surface area is 317 Å². The molecular weight excluding hydrogens is 670 g/mol. The van der Waals surface area contributed by atoms with Gasteiger partial charge in [0.15, 0.2) is 0 Å². The van der Waals surface area contributed by atoms with E-state index < -0.39 is 48.3 Å². The predicted molar refractivity (Wildman–Crippen MR) is 181 cm³/mol. The van der Waals surface area contributed by atoms with Crippen LogP contribution in [0.3, 0.4) is 0 Å². The van der Waals surface area contributed by atoms with Crippen LogP contribution in [-0.4, -0.2) is 65.0 Å². The third kappa shape index (κ3) is 10.0. The molecule has 3 aromatic carbocycles. The molecule has 0 aliphatic carbocycles. The molecule has 0 aliphatic rings. The predicted octanol–water partition coefficient (Wildman–Crippen LogP) is 1.31. The van der Waals surface area contributed by atoms with Crippen LogP contribution in [-0.2, 0) is 20.8 Å². The van der Waals surface area contributed by atoms with Crippen molar-refractivity contribution < 1.29 is 77.9 Å². The number of aliphatic hydroxyl groups is 2. The van der Waals surface area contributed by atoms with Gasteiger partial charge in [-0.25, -0.2) is 14.0 Å². The maximum atomic E-state index is 14.3. The van der Waals surface area contributed by atoms with Crippen molar-refractivity contribution in [1.82, 2.24) is 9.88 Å². The third-order valence-electron chi connectivity index (χ3n) is 7.91. The summed E-state index contributed by atoms with van der Waals surface area (Å²) in [5, 5.41) is 34.7. The van der Waals surface area contributed by atoms with Crippen molar-refractivity contribution in [2.45, 2.75) is 51.5 Å². The molecule has 0 aliphatic heterocycles. The summed E-state index contributed by atoms with van der Waals surface area (Å²) >= 11 is 0. The molecule has 3 N–H and O–H groups in total. The number of nitrogens with one attached hydrogen (secondary N) is 1. The molecule has 1 aromatic heterocycles. The van der Waals surface area contributed by atoms with E-state index in [1.807, 2.05) is 44.2 Å². The van der Waals surface area contributed by atoms with Crippen LogP contribution in [0, 0.1) is 5.82 Å². The first kappa shape index (κ1) is 40.8. The zero-order valence-corrected chi connectivity index (χ0v) is 31.0. The van der Waals surface area contributed by atoms with Crippen molar-refractivity contribution in [3.05, 3.63) is 113 Å². The molecule has 4 rings (SSSR count). The Morgan fingerprint density at radius 3 is 2.08 bits per heavy atom. The Morgan fingerprint density at radius 1 is 0.882 bits per heavy atom. The van der Waals surface area contributed by atoms with E-state index in [0.717, 1.165) is 0 Å². The number of aliphatic hydroxyl groups excluding tert-OH is 2. The first-order valence-corrected chi connectivity index (χ1v) is 15.8. The number of carboxylic acids is 1. The monoisotopic (exact) mass is 708 g/mol. The smallest absolute Gasteiger partial charge is 0.550 e. The van der Waals surface area contributed by atoms with Crippen molar-refractivity contribution in [1.29, 1.82) is 0 Å². The van der Waals surface area contributed by atoms with Gasteiger partial charge >= 0.3 is 41.5 Å². The van der Waals surface area contributed by atoms with Crippen molar-refractivity contribution in [3.8, 4) is 22.3 Å². The minimum atomic E-state index is -1.45. The fourth-order valence-electron chi connectivity index (χ4n) is 5.69. The number of amides is 1. The number of carbonyl (C=O) groups excluding carboxylic acids is 4. The summed E-state index contributed by atoms with van der Waals surface area (Å²) < 4.78 is 25.5. The molecule has 1 amide bonds. The number of aromatic nitrogens is 1.